The number of amides is 1. The van der Waals surface area contributed by atoms with E-state index in [-0.39, 0.29) is 46.8 Å². The van der Waals surface area contributed by atoms with Crippen LogP contribution < -0.4 is 29.2 Å². The first-order valence-corrected chi connectivity index (χ1v) is 11.1. The van der Waals surface area contributed by atoms with Crippen molar-refractivity contribution < 1.29 is 21.7 Å². The third-order valence-corrected chi connectivity index (χ3v) is 7.08. The molecule has 2 aromatic rings. The fourth-order valence-corrected chi connectivity index (χ4v) is 5.13. The summed E-state index contributed by atoms with van der Waals surface area (Å²) in [7, 11) is 0. The number of fused-ring (bicyclic) bond motifs is 3. The van der Waals surface area contributed by atoms with Crippen LogP contribution in [-0.4, -0.2) is 52.6 Å². The Morgan fingerprint density at radius 2 is 1.77 bits per heavy atom. The lowest BCUT2D eigenvalue weighted by Gasteiger charge is -2.52. The zero-order valence-electron chi connectivity index (χ0n) is 17.2. The summed E-state index contributed by atoms with van der Waals surface area (Å²) < 4.78 is 1.05. The topological polar surface area (TPSA) is 107 Å². The van der Waals surface area contributed by atoms with E-state index in [0.29, 0.717) is 5.92 Å². The van der Waals surface area contributed by atoms with Crippen LogP contribution in [0.1, 0.15) is 35.3 Å². The standard InChI is InChI=1S/C21H26Cl2N6O.ClH/c22-15-5-3-13(4-6-15)2-1-9-29-10-7-14(8-11-29)16(12-29)26-21(30)17-19(24)28-20(25)18(23)27-17;/h3-6,14,16H,1-2,7-12H2,(H4-,24,25,26,28,30);1H. The Kier molecular flexibility index (Phi) is 7.52. The quantitative estimate of drug-likeness (QED) is 0.496. The van der Waals surface area contributed by atoms with Crippen molar-refractivity contribution in [3.05, 3.63) is 45.7 Å². The van der Waals surface area contributed by atoms with Gasteiger partial charge < -0.3 is 33.7 Å². The Labute approximate surface area is 198 Å². The number of rotatable bonds is 6. The number of nitrogens with zero attached hydrogens (tertiary/aromatic N) is 3. The van der Waals surface area contributed by atoms with Crippen molar-refractivity contribution >= 4 is 40.7 Å². The Morgan fingerprint density at radius 1 is 1.10 bits per heavy atom. The van der Waals surface area contributed by atoms with Crippen molar-refractivity contribution in [1.29, 1.82) is 0 Å². The molecule has 5 rings (SSSR count). The minimum Gasteiger partial charge on any atom is -1.00 e. The lowest BCUT2D eigenvalue weighted by molar-refractivity contribution is -0.944. The van der Waals surface area contributed by atoms with Crippen molar-refractivity contribution in [3.8, 4) is 0 Å². The van der Waals surface area contributed by atoms with Gasteiger partial charge in [0.05, 0.1) is 32.2 Å². The van der Waals surface area contributed by atoms with Crippen LogP contribution in [0.4, 0.5) is 11.6 Å². The van der Waals surface area contributed by atoms with Crippen molar-refractivity contribution in [1.82, 2.24) is 15.3 Å². The molecule has 10 heteroatoms. The van der Waals surface area contributed by atoms with Gasteiger partial charge in [0.1, 0.15) is 0 Å². The summed E-state index contributed by atoms with van der Waals surface area (Å²) in [6.45, 7) is 4.39. The Hall–Kier alpha value is -1.80. The predicted octanol–water partition coefficient (Wildman–Crippen LogP) is -0.0766. The number of nitrogens with two attached hydrogens (primary N) is 2. The summed E-state index contributed by atoms with van der Waals surface area (Å²) in [6, 6.07) is 8.18. The lowest BCUT2D eigenvalue weighted by Crippen LogP contribution is -3.00. The SMILES string of the molecule is Nc1nc(N)c(C(=O)NC2C[N+]3(CCCc4ccc(Cl)cc4)CCC2CC3)nc1Cl.[Cl-]. The molecule has 0 aliphatic carbocycles. The maximum Gasteiger partial charge on any atom is 0.274 e. The highest BCUT2D eigenvalue weighted by molar-refractivity contribution is 6.31. The van der Waals surface area contributed by atoms with Crippen LogP contribution >= 0.6 is 23.2 Å². The predicted molar refractivity (Wildman–Crippen MR) is 119 cm³/mol. The average molecular weight is 486 g/mol. The van der Waals surface area contributed by atoms with Gasteiger partial charge in [-0.2, -0.15) is 0 Å². The molecule has 3 aliphatic heterocycles. The van der Waals surface area contributed by atoms with Gasteiger partial charge in [-0.25, -0.2) is 9.97 Å². The molecule has 1 unspecified atom stereocenters. The van der Waals surface area contributed by atoms with Gasteiger partial charge in [0.25, 0.3) is 5.91 Å². The molecular weight excluding hydrogens is 459 g/mol. The van der Waals surface area contributed by atoms with Crippen LogP contribution in [-0.2, 0) is 6.42 Å². The van der Waals surface area contributed by atoms with Crippen LogP contribution in [0.25, 0.3) is 0 Å². The number of hydrogen-bond acceptors (Lipinski definition) is 5. The first-order valence-electron chi connectivity index (χ1n) is 10.3. The van der Waals surface area contributed by atoms with Crippen molar-refractivity contribution in [2.75, 3.05) is 37.6 Å². The number of aromatic nitrogens is 2. The van der Waals surface area contributed by atoms with Crippen LogP contribution in [0.5, 0.6) is 0 Å². The van der Waals surface area contributed by atoms with Crippen LogP contribution in [0, 0.1) is 5.92 Å². The van der Waals surface area contributed by atoms with Crippen molar-refractivity contribution in [2.24, 2.45) is 5.92 Å². The summed E-state index contributed by atoms with van der Waals surface area (Å²) >= 11 is 11.9. The second kappa shape index (κ2) is 9.77. The van der Waals surface area contributed by atoms with Crippen molar-refractivity contribution in [2.45, 2.75) is 31.7 Å². The number of quaternary nitrogens is 1. The molecule has 7 nitrogen and oxygen atoms in total. The van der Waals surface area contributed by atoms with E-state index < -0.39 is 0 Å². The first-order chi connectivity index (χ1) is 14.3. The Morgan fingerprint density at radius 3 is 2.45 bits per heavy atom. The number of benzene rings is 1. The zero-order valence-corrected chi connectivity index (χ0v) is 19.4. The molecule has 3 saturated heterocycles. The van der Waals surface area contributed by atoms with Gasteiger partial charge in [0.15, 0.2) is 22.5 Å². The molecule has 0 saturated carbocycles. The average Bonchev–Trinajstić information content (AvgIpc) is 2.73. The van der Waals surface area contributed by atoms with Gasteiger partial charge in [-0.15, -0.1) is 0 Å². The molecule has 4 heterocycles. The Balaban J connectivity index is 0.00000272. The van der Waals surface area contributed by atoms with E-state index in [1.54, 1.807) is 0 Å². The highest BCUT2D eigenvalue weighted by Gasteiger charge is 2.46. The molecule has 1 atom stereocenters. The van der Waals surface area contributed by atoms with E-state index >= 15 is 0 Å². The number of nitrogen functional groups attached to an aromatic ring is 2. The number of nitrogens with one attached hydrogen (secondary N) is 1. The van der Waals surface area contributed by atoms with Crippen LogP contribution in [0.3, 0.4) is 0 Å². The fraction of sp³-hybridized carbons (Fsp3) is 0.476. The lowest BCUT2D eigenvalue weighted by atomic mass is 9.81. The zero-order chi connectivity index (χ0) is 21.3. The largest absolute Gasteiger partial charge is 1.00 e. The van der Waals surface area contributed by atoms with E-state index in [1.165, 1.54) is 18.7 Å². The van der Waals surface area contributed by atoms with E-state index in [0.717, 1.165) is 48.3 Å². The number of anilines is 2. The smallest absolute Gasteiger partial charge is 0.274 e. The summed E-state index contributed by atoms with van der Waals surface area (Å²) in [5, 5.41) is 3.90. The second-order valence-electron chi connectivity index (χ2n) is 8.48. The number of hydrogen-bond donors (Lipinski definition) is 3. The van der Waals surface area contributed by atoms with E-state index in [1.807, 2.05) is 12.1 Å². The first kappa shape index (κ1) is 23.9. The molecule has 168 valence electrons. The molecule has 0 spiro atoms. The fourth-order valence-electron chi connectivity index (χ4n) is 4.88. The van der Waals surface area contributed by atoms with Gasteiger partial charge in [-0.3, -0.25) is 4.79 Å². The maximum atomic E-state index is 12.8. The Bertz CT molecular complexity index is 931. The second-order valence-corrected chi connectivity index (χ2v) is 9.27. The molecule has 0 radical (unpaired) electrons. The van der Waals surface area contributed by atoms with Crippen LogP contribution in [0.15, 0.2) is 24.3 Å². The third kappa shape index (κ3) is 5.34. The monoisotopic (exact) mass is 484 g/mol. The molecule has 2 bridgehead atoms. The summed E-state index contributed by atoms with van der Waals surface area (Å²) in [5.74, 6) is 0.185. The van der Waals surface area contributed by atoms with Gasteiger partial charge in [-0.05, 0) is 30.0 Å². The molecule has 1 aromatic carbocycles. The molecular formula is C21H27Cl3N6O. The summed E-state index contributed by atoms with van der Waals surface area (Å²) in [5.41, 5.74) is 12.8. The van der Waals surface area contributed by atoms with Crippen LogP contribution in [0.2, 0.25) is 10.2 Å². The molecule has 1 amide bonds. The highest BCUT2D eigenvalue weighted by atomic mass is 35.5. The third-order valence-electron chi connectivity index (χ3n) is 6.55. The van der Waals surface area contributed by atoms with Gasteiger partial charge >= 0.3 is 0 Å². The highest BCUT2D eigenvalue weighted by Crippen LogP contribution is 2.34. The summed E-state index contributed by atoms with van der Waals surface area (Å²) in [4.78, 5) is 20.7. The number of halogens is 3. The molecule has 3 fully saturated rings. The van der Waals surface area contributed by atoms with Gasteiger partial charge in [-0.1, -0.05) is 35.3 Å². The molecule has 1 aromatic heterocycles. The molecule has 5 N–H and O–H groups in total. The molecule has 31 heavy (non-hydrogen) atoms. The maximum absolute atomic E-state index is 12.8. The van der Waals surface area contributed by atoms with E-state index in [9.17, 15) is 4.79 Å². The summed E-state index contributed by atoms with van der Waals surface area (Å²) in [6.07, 6.45) is 4.39. The molecule has 3 aliphatic rings. The number of carbonyl (C=O) groups is 1. The number of carbonyl (C=O) groups excluding carboxylic acids is 1. The van der Waals surface area contributed by atoms with E-state index in [2.05, 4.69) is 27.4 Å². The normalized spacial score (nSPS) is 24.5. The van der Waals surface area contributed by atoms with Gasteiger partial charge in [0.2, 0.25) is 0 Å². The van der Waals surface area contributed by atoms with E-state index in [4.69, 9.17) is 34.7 Å². The minimum absolute atomic E-state index is 0. The number of piperidine rings is 3. The van der Waals surface area contributed by atoms with Gasteiger partial charge in [0, 0.05) is 24.3 Å². The minimum atomic E-state index is -0.333. The van der Waals surface area contributed by atoms with Crippen molar-refractivity contribution in [3.63, 3.8) is 0 Å². The number of aryl methyl sites for hydroxylation is 1.